The van der Waals surface area contributed by atoms with Gasteiger partial charge < -0.3 is 10.4 Å². The lowest BCUT2D eigenvalue weighted by Gasteiger charge is -2.31. The molecule has 4 heteroatoms. The van der Waals surface area contributed by atoms with Crippen molar-refractivity contribution in [3.05, 3.63) is 29.6 Å². The Morgan fingerprint density at radius 2 is 2.17 bits per heavy atom. The van der Waals surface area contributed by atoms with Crippen molar-refractivity contribution >= 4 is 5.69 Å². The van der Waals surface area contributed by atoms with Crippen LogP contribution >= 0.6 is 0 Å². The summed E-state index contributed by atoms with van der Waals surface area (Å²) in [6.45, 7) is 0.163. The van der Waals surface area contributed by atoms with Crippen LogP contribution in [0.4, 0.5) is 10.1 Å². The zero-order valence-electron chi connectivity index (χ0n) is 10.2. The van der Waals surface area contributed by atoms with Crippen molar-refractivity contribution in [3.8, 4) is 6.07 Å². The molecular formula is C14H17FN2O. The van der Waals surface area contributed by atoms with E-state index in [1.807, 2.05) is 0 Å². The fourth-order valence-corrected chi connectivity index (χ4v) is 2.53. The highest BCUT2D eigenvalue weighted by Gasteiger charge is 2.24. The highest BCUT2D eigenvalue weighted by Crippen LogP contribution is 2.27. The van der Waals surface area contributed by atoms with Gasteiger partial charge in [0.25, 0.3) is 0 Å². The first-order valence-electron chi connectivity index (χ1n) is 6.31. The van der Waals surface area contributed by atoms with Crippen LogP contribution in [0.5, 0.6) is 0 Å². The van der Waals surface area contributed by atoms with Crippen molar-refractivity contribution in [3.63, 3.8) is 0 Å². The van der Waals surface area contributed by atoms with E-state index in [2.05, 4.69) is 5.32 Å². The van der Waals surface area contributed by atoms with Gasteiger partial charge in [0.05, 0.1) is 5.56 Å². The minimum atomic E-state index is -0.501. The van der Waals surface area contributed by atoms with E-state index in [-0.39, 0.29) is 24.1 Å². The summed E-state index contributed by atoms with van der Waals surface area (Å²) >= 11 is 0. The molecule has 0 aromatic heterocycles. The van der Waals surface area contributed by atoms with E-state index in [1.165, 1.54) is 12.1 Å². The molecule has 2 rings (SSSR count). The smallest absolute Gasteiger partial charge is 0.143 e. The molecule has 18 heavy (non-hydrogen) atoms. The van der Waals surface area contributed by atoms with Gasteiger partial charge in [0.15, 0.2) is 0 Å². The molecule has 1 aromatic rings. The van der Waals surface area contributed by atoms with Gasteiger partial charge in [-0.2, -0.15) is 5.26 Å². The van der Waals surface area contributed by atoms with Gasteiger partial charge in [-0.05, 0) is 31.0 Å². The van der Waals surface area contributed by atoms with E-state index in [4.69, 9.17) is 5.26 Å². The average molecular weight is 248 g/mol. The van der Waals surface area contributed by atoms with Crippen molar-refractivity contribution < 1.29 is 9.50 Å². The summed E-state index contributed by atoms with van der Waals surface area (Å²) in [6.07, 6.45) is 4.28. The van der Waals surface area contributed by atoms with E-state index < -0.39 is 5.82 Å². The Balaban J connectivity index is 2.08. The van der Waals surface area contributed by atoms with Gasteiger partial charge in [0.1, 0.15) is 11.9 Å². The number of nitriles is 1. The van der Waals surface area contributed by atoms with Crippen LogP contribution in [0.2, 0.25) is 0 Å². The fraction of sp³-hybridized carbons (Fsp3) is 0.500. The summed E-state index contributed by atoms with van der Waals surface area (Å²) in [7, 11) is 0. The van der Waals surface area contributed by atoms with E-state index in [1.54, 1.807) is 12.1 Å². The van der Waals surface area contributed by atoms with Crippen LogP contribution < -0.4 is 5.32 Å². The lowest BCUT2D eigenvalue weighted by molar-refractivity contribution is 0.178. The second-order valence-electron chi connectivity index (χ2n) is 4.78. The topological polar surface area (TPSA) is 56.0 Å². The molecule has 2 N–H and O–H groups in total. The normalized spacial score (nSPS) is 23.4. The molecule has 1 saturated carbocycles. The number of rotatable bonds is 3. The molecule has 0 bridgehead atoms. The lowest BCUT2D eigenvalue weighted by Crippen LogP contribution is -2.34. The van der Waals surface area contributed by atoms with Crippen molar-refractivity contribution in [2.24, 2.45) is 5.92 Å². The quantitative estimate of drug-likeness (QED) is 0.864. The lowest BCUT2D eigenvalue weighted by atomic mass is 9.85. The maximum Gasteiger partial charge on any atom is 0.143 e. The summed E-state index contributed by atoms with van der Waals surface area (Å²) < 4.78 is 13.5. The summed E-state index contributed by atoms with van der Waals surface area (Å²) in [5.41, 5.74) is 0.736. The van der Waals surface area contributed by atoms with Gasteiger partial charge in [0, 0.05) is 24.3 Å². The Morgan fingerprint density at radius 3 is 2.83 bits per heavy atom. The molecule has 96 valence electrons. The third kappa shape index (κ3) is 2.80. The van der Waals surface area contributed by atoms with Crippen LogP contribution in [0.1, 0.15) is 31.2 Å². The van der Waals surface area contributed by atoms with Crippen molar-refractivity contribution in [1.29, 1.82) is 5.26 Å². The highest BCUT2D eigenvalue weighted by atomic mass is 19.1. The molecule has 2 unspecified atom stereocenters. The van der Waals surface area contributed by atoms with Crippen LogP contribution in [-0.2, 0) is 0 Å². The Labute approximate surface area is 106 Å². The third-order valence-corrected chi connectivity index (χ3v) is 3.59. The summed E-state index contributed by atoms with van der Waals surface area (Å²) in [6, 6.07) is 6.54. The first-order chi connectivity index (χ1) is 8.74. The number of halogens is 1. The van der Waals surface area contributed by atoms with Crippen LogP contribution in [0.15, 0.2) is 18.2 Å². The van der Waals surface area contributed by atoms with E-state index in [9.17, 15) is 9.50 Å². The average Bonchev–Trinajstić information content (AvgIpc) is 2.39. The summed E-state index contributed by atoms with van der Waals surface area (Å²) in [5, 5.41) is 21.3. The fourth-order valence-electron chi connectivity index (χ4n) is 2.53. The highest BCUT2D eigenvalue weighted by molar-refractivity contribution is 5.48. The Kier molecular flexibility index (Phi) is 4.16. The number of anilines is 1. The minimum absolute atomic E-state index is 0.0582. The first-order valence-corrected chi connectivity index (χ1v) is 6.31. The van der Waals surface area contributed by atoms with Crippen LogP contribution in [-0.4, -0.2) is 17.8 Å². The zero-order valence-corrected chi connectivity index (χ0v) is 10.2. The van der Waals surface area contributed by atoms with Crippen LogP contribution in [0.3, 0.4) is 0 Å². The molecule has 3 nitrogen and oxygen atoms in total. The minimum Gasteiger partial charge on any atom is -0.396 e. The molecule has 0 spiro atoms. The predicted molar refractivity (Wildman–Crippen MR) is 67.6 cm³/mol. The standard InChI is InChI=1S/C14H17FN2O/c15-13-7-12(6-5-10(13)8-16)17-14-4-2-1-3-11(14)9-18/h5-7,11,14,17-18H,1-4,9H2. The van der Waals surface area contributed by atoms with Crippen molar-refractivity contribution in [2.75, 3.05) is 11.9 Å². The molecule has 0 heterocycles. The molecular weight excluding hydrogens is 231 g/mol. The molecule has 1 aliphatic rings. The largest absolute Gasteiger partial charge is 0.396 e. The number of hydrogen-bond donors (Lipinski definition) is 2. The van der Waals surface area contributed by atoms with Gasteiger partial charge in [0.2, 0.25) is 0 Å². The van der Waals surface area contributed by atoms with Crippen molar-refractivity contribution in [1.82, 2.24) is 0 Å². The third-order valence-electron chi connectivity index (χ3n) is 3.59. The number of hydrogen-bond acceptors (Lipinski definition) is 3. The van der Waals surface area contributed by atoms with Crippen molar-refractivity contribution in [2.45, 2.75) is 31.7 Å². The maximum absolute atomic E-state index is 13.5. The molecule has 0 radical (unpaired) electrons. The van der Waals surface area contributed by atoms with E-state index >= 15 is 0 Å². The zero-order chi connectivity index (χ0) is 13.0. The van der Waals surface area contributed by atoms with Crippen LogP contribution in [0, 0.1) is 23.1 Å². The van der Waals surface area contributed by atoms with Gasteiger partial charge >= 0.3 is 0 Å². The monoisotopic (exact) mass is 248 g/mol. The van der Waals surface area contributed by atoms with Gasteiger partial charge in [-0.25, -0.2) is 4.39 Å². The van der Waals surface area contributed by atoms with Gasteiger partial charge in [-0.1, -0.05) is 12.8 Å². The van der Waals surface area contributed by atoms with Crippen LogP contribution in [0.25, 0.3) is 0 Å². The SMILES string of the molecule is N#Cc1ccc(NC2CCCCC2CO)cc1F. The second kappa shape index (κ2) is 5.83. The first kappa shape index (κ1) is 12.8. The summed E-state index contributed by atoms with van der Waals surface area (Å²) in [4.78, 5) is 0. The number of nitrogens with one attached hydrogen (secondary N) is 1. The predicted octanol–water partition coefficient (Wildman–Crippen LogP) is 2.66. The Hall–Kier alpha value is -1.60. The molecule has 2 atom stereocenters. The van der Waals surface area contributed by atoms with E-state index in [0.29, 0.717) is 5.69 Å². The van der Waals surface area contributed by atoms with E-state index in [0.717, 1.165) is 25.7 Å². The summed E-state index contributed by atoms with van der Waals surface area (Å²) in [5.74, 6) is -0.267. The molecule has 1 fully saturated rings. The van der Waals surface area contributed by atoms with Gasteiger partial charge in [-0.15, -0.1) is 0 Å². The Bertz CT molecular complexity index is 456. The maximum atomic E-state index is 13.5. The molecule has 1 aromatic carbocycles. The molecule has 0 amide bonds. The number of benzene rings is 1. The Morgan fingerprint density at radius 1 is 1.39 bits per heavy atom. The van der Waals surface area contributed by atoms with Gasteiger partial charge in [-0.3, -0.25) is 0 Å². The number of aliphatic hydroxyl groups excluding tert-OH is 1. The molecule has 0 saturated heterocycles. The second-order valence-corrected chi connectivity index (χ2v) is 4.78. The molecule has 0 aliphatic heterocycles. The number of aliphatic hydroxyl groups is 1. The number of nitrogens with zero attached hydrogens (tertiary/aromatic N) is 1. The molecule has 1 aliphatic carbocycles.